The molecule has 0 radical (unpaired) electrons. The SMILES string of the molecule is Cc1ccc(C)c(/C(=N/O)C2CC2)c1. The number of aryl methyl sites for hydroxylation is 2. The van der Waals surface area contributed by atoms with Crippen molar-refractivity contribution in [2.75, 3.05) is 0 Å². The third-order valence-electron chi connectivity index (χ3n) is 2.74. The summed E-state index contributed by atoms with van der Waals surface area (Å²) in [4.78, 5) is 0. The monoisotopic (exact) mass is 189 g/mol. The fourth-order valence-electron chi connectivity index (χ4n) is 1.72. The average molecular weight is 189 g/mol. The highest BCUT2D eigenvalue weighted by Gasteiger charge is 2.29. The maximum atomic E-state index is 8.99. The molecule has 0 aromatic heterocycles. The van der Waals surface area contributed by atoms with Gasteiger partial charge in [0.15, 0.2) is 0 Å². The Labute approximate surface area is 84.3 Å². The van der Waals surface area contributed by atoms with E-state index in [0.717, 1.165) is 24.1 Å². The minimum Gasteiger partial charge on any atom is -0.411 e. The summed E-state index contributed by atoms with van der Waals surface area (Å²) >= 11 is 0. The Morgan fingerprint density at radius 3 is 2.64 bits per heavy atom. The van der Waals surface area contributed by atoms with Gasteiger partial charge in [0, 0.05) is 11.5 Å². The van der Waals surface area contributed by atoms with Gasteiger partial charge in [-0.3, -0.25) is 0 Å². The van der Waals surface area contributed by atoms with E-state index in [1.54, 1.807) is 0 Å². The van der Waals surface area contributed by atoms with Crippen LogP contribution in [0.4, 0.5) is 0 Å². The molecule has 74 valence electrons. The van der Waals surface area contributed by atoms with Crippen molar-refractivity contribution in [3.63, 3.8) is 0 Å². The van der Waals surface area contributed by atoms with E-state index < -0.39 is 0 Å². The van der Waals surface area contributed by atoms with Crippen LogP contribution < -0.4 is 0 Å². The van der Waals surface area contributed by atoms with Crippen molar-refractivity contribution in [3.8, 4) is 0 Å². The molecule has 2 heteroatoms. The highest BCUT2D eigenvalue weighted by Crippen LogP contribution is 2.34. The van der Waals surface area contributed by atoms with Crippen molar-refractivity contribution in [3.05, 3.63) is 34.9 Å². The van der Waals surface area contributed by atoms with E-state index in [9.17, 15) is 0 Å². The highest BCUT2D eigenvalue weighted by molar-refractivity contribution is 6.04. The van der Waals surface area contributed by atoms with Crippen molar-refractivity contribution < 1.29 is 5.21 Å². The summed E-state index contributed by atoms with van der Waals surface area (Å²) in [5.41, 5.74) is 4.38. The van der Waals surface area contributed by atoms with Crippen LogP contribution in [-0.2, 0) is 0 Å². The molecule has 2 nitrogen and oxygen atoms in total. The van der Waals surface area contributed by atoms with Crippen LogP contribution in [0.3, 0.4) is 0 Å². The Morgan fingerprint density at radius 2 is 2.07 bits per heavy atom. The summed E-state index contributed by atoms with van der Waals surface area (Å²) in [7, 11) is 0. The lowest BCUT2D eigenvalue weighted by atomic mass is 9.99. The molecular formula is C12H15NO. The topological polar surface area (TPSA) is 32.6 Å². The van der Waals surface area contributed by atoms with E-state index in [1.165, 1.54) is 11.1 Å². The molecule has 2 rings (SSSR count). The minimum absolute atomic E-state index is 0.487. The first-order chi connectivity index (χ1) is 6.72. The van der Waals surface area contributed by atoms with Gasteiger partial charge in [0.1, 0.15) is 0 Å². The van der Waals surface area contributed by atoms with Crippen LogP contribution in [0.15, 0.2) is 23.4 Å². The molecule has 1 fully saturated rings. The van der Waals surface area contributed by atoms with Gasteiger partial charge in [-0.15, -0.1) is 0 Å². The van der Waals surface area contributed by atoms with Crippen LogP contribution in [-0.4, -0.2) is 10.9 Å². The lowest BCUT2D eigenvalue weighted by Gasteiger charge is -2.07. The molecule has 1 aromatic carbocycles. The second kappa shape index (κ2) is 3.45. The lowest BCUT2D eigenvalue weighted by molar-refractivity contribution is 0.317. The van der Waals surface area contributed by atoms with E-state index in [2.05, 4.69) is 37.2 Å². The molecule has 0 amide bonds. The molecule has 1 aliphatic carbocycles. The first-order valence-corrected chi connectivity index (χ1v) is 5.02. The molecule has 0 bridgehead atoms. The van der Waals surface area contributed by atoms with Gasteiger partial charge in [-0.2, -0.15) is 0 Å². The lowest BCUT2D eigenvalue weighted by Crippen LogP contribution is -2.06. The van der Waals surface area contributed by atoms with Crippen molar-refractivity contribution in [1.82, 2.24) is 0 Å². The first kappa shape index (κ1) is 9.25. The van der Waals surface area contributed by atoms with E-state index in [1.807, 2.05) is 0 Å². The van der Waals surface area contributed by atoms with Gasteiger partial charge in [0.25, 0.3) is 0 Å². The summed E-state index contributed by atoms with van der Waals surface area (Å²) < 4.78 is 0. The Kier molecular flexibility index (Phi) is 2.28. The van der Waals surface area contributed by atoms with Crippen LogP contribution >= 0.6 is 0 Å². The Balaban J connectivity index is 2.42. The largest absolute Gasteiger partial charge is 0.411 e. The normalized spacial score (nSPS) is 17.1. The second-order valence-electron chi connectivity index (χ2n) is 4.08. The van der Waals surface area contributed by atoms with E-state index >= 15 is 0 Å². The van der Waals surface area contributed by atoms with Crippen LogP contribution in [0.25, 0.3) is 0 Å². The average Bonchev–Trinajstić information content (AvgIpc) is 2.96. The number of nitrogens with zero attached hydrogens (tertiary/aromatic N) is 1. The smallest absolute Gasteiger partial charge is 0.0901 e. The number of oxime groups is 1. The van der Waals surface area contributed by atoms with Crippen molar-refractivity contribution >= 4 is 5.71 Å². The molecule has 0 saturated heterocycles. The van der Waals surface area contributed by atoms with Gasteiger partial charge in [-0.25, -0.2) is 0 Å². The quantitative estimate of drug-likeness (QED) is 0.433. The summed E-state index contributed by atoms with van der Waals surface area (Å²) in [5, 5.41) is 12.4. The second-order valence-corrected chi connectivity index (χ2v) is 4.08. The summed E-state index contributed by atoms with van der Waals surface area (Å²) in [6.45, 7) is 4.12. The molecule has 1 aliphatic rings. The van der Waals surface area contributed by atoms with Crippen molar-refractivity contribution in [2.24, 2.45) is 11.1 Å². The minimum atomic E-state index is 0.487. The van der Waals surface area contributed by atoms with Crippen molar-refractivity contribution in [1.29, 1.82) is 0 Å². The fourth-order valence-corrected chi connectivity index (χ4v) is 1.72. The maximum Gasteiger partial charge on any atom is 0.0901 e. The number of hydrogen-bond acceptors (Lipinski definition) is 2. The maximum absolute atomic E-state index is 8.99. The molecule has 1 saturated carbocycles. The van der Waals surface area contributed by atoms with Gasteiger partial charge in [0.05, 0.1) is 5.71 Å². The van der Waals surface area contributed by atoms with Gasteiger partial charge >= 0.3 is 0 Å². The van der Waals surface area contributed by atoms with Crippen LogP contribution in [0.1, 0.15) is 29.5 Å². The van der Waals surface area contributed by atoms with Crippen LogP contribution in [0.5, 0.6) is 0 Å². The fraction of sp³-hybridized carbons (Fsp3) is 0.417. The third-order valence-corrected chi connectivity index (χ3v) is 2.74. The van der Waals surface area contributed by atoms with Crippen molar-refractivity contribution in [2.45, 2.75) is 26.7 Å². The predicted octanol–water partition coefficient (Wildman–Crippen LogP) is 2.89. The van der Waals surface area contributed by atoms with Crippen LogP contribution in [0, 0.1) is 19.8 Å². The zero-order chi connectivity index (χ0) is 10.1. The van der Waals surface area contributed by atoms with E-state index in [0.29, 0.717) is 5.92 Å². The zero-order valence-electron chi connectivity index (χ0n) is 8.62. The Bertz CT molecular complexity index is 378. The van der Waals surface area contributed by atoms with E-state index in [-0.39, 0.29) is 0 Å². The highest BCUT2D eigenvalue weighted by atomic mass is 16.4. The first-order valence-electron chi connectivity index (χ1n) is 5.02. The number of rotatable bonds is 2. The summed E-state index contributed by atoms with van der Waals surface area (Å²) in [5.74, 6) is 0.487. The Hall–Kier alpha value is -1.31. The standard InChI is InChI=1S/C12H15NO/c1-8-3-4-9(2)11(7-8)12(13-14)10-5-6-10/h3-4,7,10,14H,5-6H2,1-2H3/b13-12+. The molecule has 0 heterocycles. The zero-order valence-corrected chi connectivity index (χ0v) is 8.62. The molecule has 14 heavy (non-hydrogen) atoms. The van der Waals surface area contributed by atoms with Crippen LogP contribution in [0.2, 0.25) is 0 Å². The molecular weight excluding hydrogens is 174 g/mol. The van der Waals surface area contributed by atoms with Gasteiger partial charge in [-0.1, -0.05) is 22.9 Å². The predicted molar refractivity (Wildman–Crippen MR) is 57.0 cm³/mol. The number of hydrogen-bond donors (Lipinski definition) is 1. The third kappa shape index (κ3) is 1.65. The molecule has 1 aromatic rings. The molecule has 0 unspecified atom stereocenters. The molecule has 1 N–H and O–H groups in total. The Morgan fingerprint density at radius 1 is 1.36 bits per heavy atom. The van der Waals surface area contributed by atoms with Gasteiger partial charge < -0.3 is 5.21 Å². The number of benzene rings is 1. The molecule has 0 aliphatic heterocycles. The molecule has 0 spiro atoms. The molecule has 0 atom stereocenters. The van der Waals surface area contributed by atoms with Gasteiger partial charge in [0.2, 0.25) is 0 Å². The summed E-state index contributed by atoms with van der Waals surface area (Å²) in [6.07, 6.45) is 2.32. The van der Waals surface area contributed by atoms with Gasteiger partial charge in [-0.05, 0) is 38.3 Å². The van der Waals surface area contributed by atoms with E-state index in [4.69, 9.17) is 5.21 Å². The summed E-state index contributed by atoms with van der Waals surface area (Å²) in [6, 6.07) is 6.27.